The van der Waals surface area contributed by atoms with Crippen molar-refractivity contribution in [2.24, 2.45) is 0 Å². The van der Waals surface area contributed by atoms with Gasteiger partial charge in [0.05, 0.1) is 11.4 Å². The topological polar surface area (TPSA) is 79.9 Å². The second-order valence-corrected chi connectivity index (χ2v) is 12.6. The standard InChI is InChI=1S/C21H14BrF2N3O.C21H15F2N3O/c22-19-20(15-10-11-18(24)25-12-15)27(17-9-5-4-8-16(17)23)26-21(19)28-13-14-6-2-1-3-7-14;22-17-8-4-5-9-18(17)26-19(16-10-11-20(23)24-13-16)12-21(25-26)27-14-15-6-2-1-3-7-15/h1-12H,13H2;1-13H,14H2. The van der Waals surface area contributed by atoms with Crippen molar-refractivity contribution in [1.82, 2.24) is 29.5 Å². The lowest BCUT2D eigenvalue weighted by Crippen LogP contribution is -2.03. The molecule has 8 rings (SSSR count). The highest BCUT2D eigenvalue weighted by Crippen LogP contribution is 2.38. The van der Waals surface area contributed by atoms with E-state index in [0.717, 1.165) is 11.1 Å². The van der Waals surface area contributed by atoms with E-state index in [4.69, 9.17) is 9.47 Å². The van der Waals surface area contributed by atoms with Crippen LogP contribution in [0.2, 0.25) is 0 Å². The van der Waals surface area contributed by atoms with Gasteiger partial charge in [-0.2, -0.15) is 8.78 Å². The molecule has 0 aliphatic rings. The molecule has 55 heavy (non-hydrogen) atoms. The summed E-state index contributed by atoms with van der Waals surface area (Å²) in [5.74, 6) is -1.42. The smallest absolute Gasteiger partial charge is 0.248 e. The quantitative estimate of drug-likeness (QED) is 0.101. The number of pyridine rings is 2. The van der Waals surface area contributed by atoms with Gasteiger partial charge in [-0.05, 0) is 75.6 Å². The van der Waals surface area contributed by atoms with Gasteiger partial charge in [0.2, 0.25) is 23.7 Å². The predicted octanol–water partition coefficient (Wildman–Crippen LogP) is 10.3. The molecule has 8 aromatic rings. The van der Waals surface area contributed by atoms with Gasteiger partial charge < -0.3 is 9.47 Å². The highest BCUT2D eigenvalue weighted by Gasteiger charge is 2.22. The van der Waals surface area contributed by atoms with Crippen LogP contribution in [0.15, 0.2) is 156 Å². The number of rotatable bonds is 10. The first kappa shape index (κ1) is 36.7. The summed E-state index contributed by atoms with van der Waals surface area (Å²) in [6, 6.07) is 39.2. The van der Waals surface area contributed by atoms with Crippen LogP contribution < -0.4 is 9.47 Å². The zero-order chi connectivity index (χ0) is 38.1. The van der Waals surface area contributed by atoms with E-state index in [1.165, 1.54) is 46.0 Å². The summed E-state index contributed by atoms with van der Waals surface area (Å²) in [6.45, 7) is 0.630. The Morgan fingerprint density at radius 1 is 0.527 bits per heavy atom. The molecule has 8 nitrogen and oxygen atoms in total. The molecule has 0 amide bonds. The molecule has 0 fully saturated rings. The molecular weight excluding hydrogens is 776 g/mol. The SMILES string of the molecule is Fc1ccc(-c2c(Br)c(OCc3ccccc3)nn2-c2ccccc2F)cn1.Fc1ccc(-c2cc(OCc3ccccc3)nn2-c2ccccc2F)cn1. The first-order valence-corrected chi connectivity index (χ1v) is 17.6. The third-order valence-corrected chi connectivity index (χ3v) is 8.83. The molecular formula is C42H29BrF4N6O2. The lowest BCUT2D eigenvalue weighted by Gasteiger charge is -2.08. The van der Waals surface area contributed by atoms with Crippen molar-refractivity contribution in [2.75, 3.05) is 0 Å². The Balaban J connectivity index is 0.000000169. The van der Waals surface area contributed by atoms with E-state index in [1.54, 1.807) is 54.6 Å². The van der Waals surface area contributed by atoms with Gasteiger partial charge in [-0.15, -0.1) is 10.2 Å². The van der Waals surface area contributed by atoms with Crippen molar-refractivity contribution < 1.29 is 27.0 Å². The molecule has 4 heterocycles. The van der Waals surface area contributed by atoms with E-state index < -0.39 is 23.5 Å². The number of benzene rings is 4. The van der Waals surface area contributed by atoms with Crippen LogP contribution in [-0.2, 0) is 13.2 Å². The minimum atomic E-state index is -0.600. The highest BCUT2D eigenvalue weighted by molar-refractivity contribution is 9.10. The van der Waals surface area contributed by atoms with Crippen LogP contribution in [0.5, 0.6) is 11.8 Å². The summed E-state index contributed by atoms with van der Waals surface area (Å²) < 4.78 is 70.2. The number of ether oxygens (including phenoxy) is 2. The van der Waals surface area contributed by atoms with Gasteiger partial charge >= 0.3 is 0 Å². The van der Waals surface area contributed by atoms with E-state index in [0.29, 0.717) is 52.0 Å². The molecule has 0 N–H and O–H groups in total. The van der Waals surface area contributed by atoms with Gasteiger partial charge in [-0.1, -0.05) is 84.9 Å². The number of nitrogens with zero attached hydrogens (tertiary/aromatic N) is 6. The van der Waals surface area contributed by atoms with E-state index in [-0.39, 0.29) is 11.4 Å². The Morgan fingerprint density at radius 3 is 1.58 bits per heavy atom. The first-order chi connectivity index (χ1) is 26.8. The van der Waals surface area contributed by atoms with Crippen LogP contribution >= 0.6 is 15.9 Å². The number of para-hydroxylation sites is 2. The van der Waals surface area contributed by atoms with Gasteiger partial charge in [0, 0.05) is 29.6 Å². The predicted molar refractivity (Wildman–Crippen MR) is 203 cm³/mol. The molecule has 4 aromatic carbocycles. The van der Waals surface area contributed by atoms with E-state index in [1.807, 2.05) is 60.7 Å². The second-order valence-electron chi connectivity index (χ2n) is 11.8. The maximum absolute atomic E-state index is 14.4. The molecule has 4 aromatic heterocycles. The average Bonchev–Trinajstić information content (AvgIpc) is 3.79. The van der Waals surface area contributed by atoms with Crippen LogP contribution in [0.3, 0.4) is 0 Å². The van der Waals surface area contributed by atoms with Gasteiger partial charge in [0.15, 0.2) is 0 Å². The maximum Gasteiger partial charge on any atom is 0.248 e. The fraction of sp³-hybridized carbons (Fsp3) is 0.0476. The Hall–Kier alpha value is -6.60. The van der Waals surface area contributed by atoms with Crippen molar-refractivity contribution in [3.05, 3.63) is 191 Å². The number of aromatic nitrogens is 6. The zero-order valence-corrected chi connectivity index (χ0v) is 30.3. The molecule has 0 saturated carbocycles. The zero-order valence-electron chi connectivity index (χ0n) is 28.7. The molecule has 0 saturated heterocycles. The second kappa shape index (κ2) is 17.0. The third kappa shape index (κ3) is 8.79. The number of hydrogen-bond donors (Lipinski definition) is 0. The number of hydrogen-bond acceptors (Lipinski definition) is 6. The summed E-state index contributed by atoms with van der Waals surface area (Å²) in [7, 11) is 0. The summed E-state index contributed by atoms with van der Waals surface area (Å²) in [4.78, 5) is 7.37. The van der Waals surface area contributed by atoms with E-state index in [2.05, 4.69) is 36.1 Å². The van der Waals surface area contributed by atoms with Crippen LogP contribution in [0.25, 0.3) is 33.9 Å². The monoisotopic (exact) mass is 804 g/mol. The Labute approximate surface area is 321 Å². The van der Waals surface area contributed by atoms with Crippen LogP contribution in [0.4, 0.5) is 17.6 Å². The van der Waals surface area contributed by atoms with Gasteiger partial charge in [0.25, 0.3) is 0 Å². The molecule has 0 aliphatic heterocycles. The van der Waals surface area contributed by atoms with E-state index >= 15 is 0 Å². The lowest BCUT2D eigenvalue weighted by atomic mass is 10.2. The molecule has 0 unspecified atom stereocenters. The summed E-state index contributed by atoms with van der Waals surface area (Å²) in [5, 5.41) is 8.83. The molecule has 0 bridgehead atoms. The fourth-order valence-electron chi connectivity index (χ4n) is 5.46. The molecule has 0 aliphatic carbocycles. The van der Waals surface area contributed by atoms with Gasteiger partial charge in [0.1, 0.15) is 40.7 Å². The molecule has 0 spiro atoms. The van der Waals surface area contributed by atoms with Crippen molar-refractivity contribution in [2.45, 2.75) is 13.2 Å². The summed E-state index contributed by atoms with van der Waals surface area (Å²) in [5.41, 5.74) is 4.71. The average molecular weight is 806 g/mol. The van der Waals surface area contributed by atoms with Crippen LogP contribution in [0.1, 0.15) is 11.1 Å². The fourth-order valence-corrected chi connectivity index (χ4v) is 6.05. The largest absolute Gasteiger partial charge is 0.472 e. The normalized spacial score (nSPS) is 10.8. The third-order valence-electron chi connectivity index (χ3n) is 8.12. The van der Waals surface area contributed by atoms with Crippen LogP contribution in [0, 0.1) is 23.5 Å². The van der Waals surface area contributed by atoms with Crippen molar-refractivity contribution >= 4 is 15.9 Å². The lowest BCUT2D eigenvalue weighted by molar-refractivity contribution is 0.290. The maximum atomic E-state index is 14.4. The van der Waals surface area contributed by atoms with Crippen molar-refractivity contribution in [3.63, 3.8) is 0 Å². The van der Waals surface area contributed by atoms with Crippen molar-refractivity contribution in [3.8, 4) is 45.6 Å². The molecule has 13 heteroatoms. The summed E-state index contributed by atoms with van der Waals surface area (Å²) in [6.07, 6.45) is 2.75. The van der Waals surface area contributed by atoms with Gasteiger partial charge in [-0.25, -0.2) is 28.1 Å². The van der Waals surface area contributed by atoms with Gasteiger partial charge in [-0.3, -0.25) is 0 Å². The Morgan fingerprint density at radius 2 is 1.04 bits per heavy atom. The number of halogens is 5. The first-order valence-electron chi connectivity index (χ1n) is 16.8. The molecule has 274 valence electrons. The Bertz CT molecular complexity index is 2500. The summed E-state index contributed by atoms with van der Waals surface area (Å²) >= 11 is 3.50. The minimum absolute atomic E-state index is 0.247. The highest BCUT2D eigenvalue weighted by atomic mass is 79.9. The Kier molecular flexibility index (Phi) is 11.4. The molecule has 0 atom stereocenters. The minimum Gasteiger partial charge on any atom is -0.472 e. The van der Waals surface area contributed by atoms with Crippen LogP contribution in [-0.4, -0.2) is 29.5 Å². The molecule has 0 radical (unpaired) electrons. The van der Waals surface area contributed by atoms with E-state index in [9.17, 15) is 17.6 Å². The van der Waals surface area contributed by atoms with Crippen molar-refractivity contribution in [1.29, 1.82) is 0 Å².